The summed E-state index contributed by atoms with van der Waals surface area (Å²) in [4.78, 5) is 27.9. The van der Waals surface area contributed by atoms with E-state index in [0.29, 0.717) is 6.54 Å². The van der Waals surface area contributed by atoms with Crippen LogP contribution in [-0.2, 0) is 26.2 Å². The van der Waals surface area contributed by atoms with Crippen LogP contribution in [0.5, 0.6) is 0 Å². The molecular weight excluding hydrogens is 601 g/mol. The van der Waals surface area contributed by atoms with Crippen LogP contribution in [0.1, 0.15) is 19.4 Å². The van der Waals surface area contributed by atoms with Crippen molar-refractivity contribution >= 4 is 66.7 Å². The summed E-state index contributed by atoms with van der Waals surface area (Å²) in [6.45, 7) is 3.24. The van der Waals surface area contributed by atoms with Crippen LogP contribution in [0.4, 0.5) is 5.69 Å². The Labute approximate surface area is 235 Å². The summed E-state index contributed by atoms with van der Waals surface area (Å²) in [5, 5.41) is 3.08. The van der Waals surface area contributed by atoms with Gasteiger partial charge < -0.3 is 10.2 Å². The second-order valence-electron chi connectivity index (χ2n) is 8.14. The molecule has 1 atom stereocenters. The second kappa shape index (κ2) is 12.8. The number of sulfonamides is 1. The van der Waals surface area contributed by atoms with Crippen LogP contribution in [0.25, 0.3) is 0 Å². The van der Waals surface area contributed by atoms with E-state index in [2.05, 4.69) is 21.2 Å². The highest BCUT2D eigenvalue weighted by Gasteiger charge is 2.33. The van der Waals surface area contributed by atoms with Crippen molar-refractivity contribution in [1.82, 2.24) is 10.2 Å². The maximum Gasteiger partial charge on any atom is 0.264 e. The van der Waals surface area contributed by atoms with Gasteiger partial charge in [-0.1, -0.05) is 69.5 Å². The Kier molecular flexibility index (Phi) is 10.0. The van der Waals surface area contributed by atoms with Crippen molar-refractivity contribution in [2.24, 2.45) is 0 Å². The molecule has 1 N–H and O–H groups in total. The highest BCUT2D eigenvalue weighted by atomic mass is 79.9. The first-order valence-corrected chi connectivity index (χ1v) is 14.4. The van der Waals surface area contributed by atoms with Crippen molar-refractivity contribution in [3.8, 4) is 0 Å². The summed E-state index contributed by atoms with van der Waals surface area (Å²) in [5.41, 5.74) is 0.816. The molecule has 3 aromatic carbocycles. The van der Waals surface area contributed by atoms with Crippen molar-refractivity contribution in [1.29, 1.82) is 0 Å². The topological polar surface area (TPSA) is 86.8 Å². The number of hydrogen-bond acceptors (Lipinski definition) is 4. The number of rotatable bonds is 10. The monoisotopic (exact) mass is 625 g/mol. The highest BCUT2D eigenvalue weighted by Crippen LogP contribution is 2.33. The van der Waals surface area contributed by atoms with Crippen molar-refractivity contribution in [3.63, 3.8) is 0 Å². The summed E-state index contributed by atoms with van der Waals surface area (Å²) < 4.78 is 29.2. The van der Waals surface area contributed by atoms with E-state index in [4.69, 9.17) is 23.2 Å². The lowest BCUT2D eigenvalue weighted by molar-refractivity contribution is -0.139. The molecule has 196 valence electrons. The maximum absolute atomic E-state index is 13.8. The predicted molar refractivity (Wildman–Crippen MR) is 150 cm³/mol. The first-order chi connectivity index (χ1) is 17.5. The van der Waals surface area contributed by atoms with Crippen LogP contribution in [-0.4, -0.2) is 44.3 Å². The molecule has 0 unspecified atom stereocenters. The summed E-state index contributed by atoms with van der Waals surface area (Å²) in [6.07, 6.45) is 0. The van der Waals surface area contributed by atoms with E-state index >= 15 is 0 Å². The third kappa shape index (κ3) is 7.25. The molecule has 0 spiro atoms. The van der Waals surface area contributed by atoms with Gasteiger partial charge in [0, 0.05) is 22.6 Å². The largest absolute Gasteiger partial charge is 0.355 e. The lowest BCUT2D eigenvalue weighted by Crippen LogP contribution is -2.51. The van der Waals surface area contributed by atoms with Crippen molar-refractivity contribution < 1.29 is 18.0 Å². The van der Waals surface area contributed by atoms with Gasteiger partial charge in [-0.25, -0.2) is 8.42 Å². The molecule has 0 aliphatic rings. The van der Waals surface area contributed by atoms with Crippen molar-refractivity contribution in [2.75, 3.05) is 17.4 Å². The zero-order valence-corrected chi connectivity index (χ0v) is 24.1. The van der Waals surface area contributed by atoms with Gasteiger partial charge in [-0.3, -0.25) is 13.9 Å². The van der Waals surface area contributed by atoms with Gasteiger partial charge in [0.05, 0.1) is 15.6 Å². The third-order valence-corrected chi connectivity index (χ3v) is 8.37. The Morgan fingerprint density at radius 3 is 2.35 bits per heavy atom. The number of carbonyl (C=O) groups is 2. The zero-order valence-electron chi connectivity index (χ0n) is 20.2. The van der Waals surface area contributed by atoms with Crippen molar-refractivity contribution in [3.05, 3.63) is 92.9 Å². The smallest absolute Gasteiger partial charge is 0.264 e. The second-order valence-corrected chi connectivity index (χ2v) is 11.8. The van der Waals surface area contributed by atoms with Gasteiger partial charge in [-0.15, -0.1) is 0 Å². The minimum absolute atomic E-state index is 0.0193. The molecule has 0 saturated carbocycles. The average molecular weight is 627 g/mol. The molecule has 0 fully saturated rings. The highest BCUT2D eigenvalue weighted by molar-refractivity contribution is 9.10. The van der Waals surface area contributed by atoms with E-state index in [1.54, 1.807) is 32.0 Å². The molecule has 0 aliphatic heterocycles. The average Bonchev–Trinajstić information content (AvgIpc) is 2.87. The number of nitrogens with one attached hydrogen (secondary N) is 1. The summed E-state index contributed by atoms with van der Waals surface area (Å²) in [5.74, 6) is -0.946. The van der Waals surface area contributed by atoms with Gasteiger partial charge in [-0.2, -0.15) is 0 Å². The molecule has 0 bridgehead atoms. The number of anilines is 1. The lowest BCUT2D eigenvalue weighted by Gasteiger charge is -2.32. The number of halogens is 3. The molecule has 37 heavy (non-hydrogen) atoms. The molecule has 0 radical (unpaired) electrons. The van der Waals surface area contributed by atoms with E-state index < -0.39 is 28.5 Å². The predicted octanol–water partition coefficient (Wildman–Crippen LogP) is 5.50. The van der Waals surface area contributed by atoms with Gasteiger partial charge in [0.25, 0.3) is 10.0 Å². The number of carbonyl (C=O) groups excluding carboxylic acids is 2. The fraction of sp³-hybridized carbons (Fsp3) is 0.231. The summed E-state index contributed by atoms with van der Waals surface area (Å²) in [6, 6.07) is 18.6. The van der Waals surface area contributed by atoms with Crippen LogP contribution < -0.4 is 9.62 Å². The Morgan fingerprint density at radius 2 is 1.70 bits per heavy atom. The number of benzene rings is 3. The zero-order chi connectivity index (χ0) is 27.2. The van der Waals surface area contributed by atoms with Crippen LogP contribution >= 0.6 is 39.1 Å². The van der Waals surface area contributed by atoms with Crippen LogP contribution in [0.3, 0.4) is 0 Å². The van der Waals surface area contributed by atoms with Gasteiger partial charge in [0.15, 0.2) is 0 Å². The number of amides is 2. The van der Waals surface area contributed by atoms with E-state index in [9.17, 15) is 18.0 Å². The fourth-order valence-corrected chi connectivity index (χ4v) is 5.98. The molecule has 0 aromatic heterocycles. The molecule has 11 heteroatoms. The van der Waals surface area contributed by atoms with Gasteiger partial charge in [0.2, 0.25) is 11.8 Å². The van der Waals surface area contributed by atoms with Crippen LogP contribution in [0.15, 0.2) is 82.2 Å². The van der Waals surface area contributed by atoms with Gasteiger partial charge >= 0.3 is 0 Å². The molecule has 0 aliphatic carbocycles. The molecule has 3 aromatic rings. The fourth-order valence-electron chi connectivity index (χ4n) is 3.65. The van der Waals surface area contributed by atoms with Crippen LogP contribution in [0, 0.1) is 0 Å². The van der Waals surface area contributed by atoms with Gasteiger partial charge in [0.1, 0.15) is 12.6 Å². The minimum Gasteiger partial charge on any atom is -0.355 e. The molecule has 0 saturated heterocycles. The molecule has 3 rings (SSSR count). The molecule has 0 heterocycles. The maximum atomic E-state index is 13.8. The molecule has 2 amide bonds. The van der Waals surface area contributed by atoms with E-state index in [1.807, 2.05) is 24.3 Å². The van der Waals surface area contributed by atoms with E-state index in [1.165, 1.54) is 35.2 Å². The standard InChI is InChI=1S/C26H26BrCl2N3O4S/c1-3-30-26(34)18(2)31(16-19-8-7-9-20(27)14-19)25(33)17-32(24-15-21(28)12-13-23(24)29)37(35,36)22-10-5-4-6-11-22/h4-15,18H,3,16-17H2,1-2H3,(H,30,34)/t18-/m0/s1. The lowest BCUT2D eigenvalue weighted by atomic mass is 10.1. The van der Waals surface area contributed by atoms with Crippen LogP contribution in [0.2, 0.25) is 10.0 Å². The van der Waals surface area contributed by atoms with E-state index in [0.717, 1.165) is 14.3 Å². The van der Waals surface area contributed by atoms with Crippen molar-refractivity contribution in [2.45, 2.75) is 31.3 Å². The number of nitrogens with zero attached hydrogens (tertiary/aromatic N) is 2. The first-order valence-electron chi connectivity index (χ1n) is 11.4. The Hall–Kier alpha value is -2.59. The summed E-state index contributed by atoms with van der Waals surface area (Å²) in [7, 11) is -4.22. The summed E-state index contributed by atoms with van der Waals surface area (Å²) >= 11 is 16.0. The number of hydrogen-bond donors (Lipinski definition) is 1. The Morgan fingerprint density at radius 1 is 1.00 bits per heavy atom. The van der Waals surface area contributed by atoms with E-state index in [-0.39, 0.29) is 33.1 Å². The SMILES string of the molecule is CCNC(=O)[C@H](C)N(Cc1cccc(Br)c1)C(=O)CN(c1cc(Cl)ccc1Cl)S(=O)(=O)c1ccccc1. The molecule has 7 nitrogen and oxygen atoms in total. The van der Waals surface area contributed by atoms with Gasteiger partial charge in [-0.05, 0) is 61.9 Å². The molecular formula is C26H26BrCl2N3O4S. The minimum atomic E-state index is -4.22. The first kappa shape index (κ1) is 29.0. The number of likely N-dealkylation sites (N-methyl/N-ethyl adjacent to an activating group) is 1. The Balaban J connectivity index is 2.06. The quantitative estimate of drug-likeness (QED) is 0.322. The Bertz CT molecular complexity index is 1370. The third-order valence-electron chi connectivity index (χ3n) is 5.55. The normalized spacial score (nSPS) is 12.0.